The zero-order chi connectivity index (χ0) is 23.7. The molecule has 1 aliphatic heterocycles. The van der Waals surface area contributed by atoms with Crippen LogP contribution < -0.4 is 5.32 Å². The SMILES string of the molecule is CCCc1nsnc1CNC(=O)CN1CCN(CC(C=C(C)C)=C(F)CC(C)C)CC1C. The predicted molar refractivity (Wildman–Crippen MR) is 130 cm³/mol. The van der Waals surface area contributed by atoms with E-state index in [9.17, 15) is 9.18 Å². The molecule has 1 amide bonds. The quantitative estimate of drug-likeness (QED) is 0.493. The van der Waals surface area contributed by atoms with E-state index in [1.165, 1.54) is 11.7 Å². The van der Waals surface area contributed by atoms with Crippen molar-refractivity contribution in [3.63, 3.8) is 0 Å². The van der Waals surface area contributed by atoms with Gasteiger partial charge in [-0.25, -0.2) is 4.39 Å². The van der Waals surface area contributed by atoms with Crippen molar-refractivity contribution in [3.8, 4) is 0 Å². The fourth-order valence-corrected chi connectivity index (χ4v) is 4.55. The Bertz CT molecular complexity index is 800. The minimum atomic E-state index is -0.00497. The van der Waals surface area contributed by atoms with E-state index in [2.05, 4.69) is 37.7 Å². The number of piperazine rings is 1. The van der Waals surface area contributed by atoms with Crippen LogP contribution in [0.3, 0.4) is 0 Å². The molecule has 1 aromatic rings. The van der Waals surface area contributed by atoms with Gasteiger partial charge in [0.05, 0.1) is 36.2 Å². The first-order chi connectivity index (χ1) is 15.2. The maximum Gasteiger partial charge on any atom is 0.234 e. The Morgan fingerprint density at radius 2 is 1.97 bits per heavy atom. The third-order valence-electron chi connectivity index (χ3n) is 5.56. The minimum Gasteiger partial charge on any atom is -0.349 e. The van der Waals surface area contributed by atoms with Crippen molar-refractivity contribution >= 4 is 17.6 Å². The molecule has 0 saturated carbocycles. The van der Waals surface area contributed by atoms with Crippen molar-refractivity contribution in [2.75, 3.05) is 32.7 Å². The average Bonchev–Trinajstić information content (AvgIpc) is 3.14. The van der Waals surface area contributed by atoms with Gasteiger partial charge in [0.1, 0.15) is 5.83 Å². The van der Waals surface area contributed by atoms with Crippen molar-refractivity contribution in [3.05, 3.63) is 34.4 Å². The van der Waals surface area contributed by atoms with Crippen LogP contribution in [0.1, 0.15) is 65.8 Å². The van der Waals surface area contributed by atoms with Gasteiger partial charge in [-0.3, -0.25) is 14.6 Å². The Kier molecular flexibility index (Phi) is 10.9. The largest absolute Gasteiger partial charge is 0.349 e. The zero-order valence-corrected chi connectivity index (χ0v) is 21.4. The first-order valence-electron chi connectivity index (χ1n) is 11.7. The maximum atomic E-state index is 14.8. The average molecular weight is 466 g/mol. The number of amides is 1. The lowest BCUT2D eigenvalue weighted by molar-refractivity contribution is -0.123. The Morgan fingerprint density at radius 1 is 1.25 bits per heavy atom. The smallest absolute Gasteiger partial charge is 0.234 e. The summed E-state index contributed by atoms with van der Waals surface area (Å²) in [4.78, 5) is 17.0. The summed E-state index contributed by atoms with van der Waals surface area (Å²) >= 11 is 1.21. The fourth-order valence-electron chi connectivity index (χ4n) is 3.95. The van der Waals surface area contributed by atoms with Gasteiger partial charge in [0.2, 0.25) is 5.91 Å². The van der Waals surface area contributed by atoms with Crippen molar-refractivity contribution in [1.29, 1.82) is 0 Å². The normalized spacial score (nSPS) is 18.6. The molecule has 1 N–H and O–H groups in total. The van der Waals surface area contributed by atoms with Crippen LogP contribution in [0, 0.1) is 5.92 Å². The number of nitrogens with one attached hydrogen (secondary N) is 1. The lowest BCUT2D eigenvalue weighted by Crippen LogP contribution is -2.54. The van der Waals surface area contributed by atoms with Crippen molar-refractivity contribution in [1.82, 2.24) is 23.9 Å². The molecule has 2 rings (SSSR count). The number of allylic oxidation sites excluding steroid dienone is 2. The lowest BCUT2D eigenvalue weighted by Gasteiger charge is -2.39. The number of nitrogens with zero attached hydrogens (tertiary/aromatic N) is 4. The highest BCUT2D eigenvalue weighted by atomic mass is 32.1. The van der Waals surface area contributed by atoms with Gasteiger partial charge in [-0.05, 0) is 38.7 Å². The first-order valence-corrected chi connectivity index (χ1v) is 12.5. The van der Waals surface area contributed by atoms with Crippen LogP contribution >= 0.6 is 11.7 Å². The van der Waals surface area contributed by atoms with Crippen LogP contribution in [0.2, 0.25) is 0 Å². The van der Waals surface area contributed by atoms with Gasteiger partial charge in [0, 0.05) is 38.6 Å². The summed E-state index contributed by atoms with van der Waals surface area (Å²) in [6.45, 7) is 16.2. The van der Waals surface area contributed by atoms with Gasteiger partial charge in [0.25, 0.3) is 0 Å². The zero-order valence-electron chi connectivity index (χ0n) is 20.6. The molecular weight excluding hydrogens is 425 g/mol. The fraction of sp³-hybridized carbons (Fsp3) is 0.708. The van der Waals surface area contributed by atoms with E-state index >= 15 is 0 Å². The van der Waals surface area contributed by atoms with Crippen LogP contribution in [0.25, 0.3) is 0 Å². The molecule has 1 saturated heterocycles. The molecule has 1 fully saturated rings. The molecule has 6 nitrogen and oxygen atoms in total. The van der Waals surface area contributed by atoms with E-state index in [0.29, 0.717) is 32.0 Å². The molecular formula is C24H40FN5OS. The predicted octanol–water partition coefficient (Wildman–Crippen LogP) is 4.35. The van der Waals surface area contributed by atoms with E-state index in [1.807, 2.05) is 33.8 Å². The summed E-state index contributed by atoms with van der Waals surface area (Å²) in [7, 11) is 0. The third-order valence-corrected chi connectivity index (χ3v) is 6.17. The summed E-state index contributed by atoms with van der Waals surface area (Å²) in [6.07, 6.45) is 4.35. The van der Waals surface area contributed by atoms with Gasteiger partial charge < -0.3 is 5.32 Å². The van der Waals surface area contributed by atoms with Crippen LogP contribution in [0.4, 0.5) is 4.39 Å². The van der Waals surface area contributed by atoms with E-state index in [-0.39, 0.29) is 17.8 Å². The Hall–Kier alpha value is -1.64. The molecule has 32 heavy (non-hydrogen) atoms. The summed E-state index contributed by atoms with van der Waals surface area (Å²) in [5, 5.41) is 2.99. The van der Waals surface area contributed by atoms with E-state index in [4.69, 9.17) is 0 Å². The highest BCUT2D eigenvalue weighted by Crippen LogP contribution is 2.21. The minimum absolute atomic E-state index is 0.00497. The number of aryl methyl sites for hydroxylation is 1. The molecule has 1 aliphatic rings. The standard InChI is InChI=1S/C24H40FN5OS/c1-7-8-22-23(28-32-27-22)13-26-24(31)16-30-10-9-29(14-19(30)6)15-20(11-17(2)3)21(25)12-18(4)5/h11,18-19H,7-10,12-16H2,1-6H3,(H,26,31). The second-order valence-electron chi connectivity index (χ2n) is 9.49. The summed E-state index contributed by atoms with van der Waals surface area (Å²) in [5.74, 6) is 0.298. The van der Waals surface area contributed by atoms with Crippen LogP contribution in [-0.2, 0) is 17.8 Å². The number of hydrogen-bond donors (Lipinski definition) is 1. The molecule has 0 spiro atoms. The Balaban J connectivity index is 1.87. The van der Waals surface area contributed by atoms with E-state index in [1.54, 1.807) is 0 Å². The molecule has 1 atom stereocenters. The number of halogens is 1. The van der Waals surface area contributed by atoms with Gasteiger partial charge in [0.15, 0.2) is 0 Å². The topological polar surface area (TPSA) is 61.4 Å². The molecule has 2 heterocycles. The van der Waals surface area contributed by atoms with Crippen molar-refractivity contribution < 1.29 is 9.18 Å². The number of carbonyl (C=O) groups is 1. The number of carbonyl (C=O) groups excluding carboxylic acids is 1. The molecule has 0 radical (unpaired) electrons. The Morgan fingerprint density at radius 3 is 2.59 bits per heavy atom. The van der Waals surface area contributed by atoms with E-state index in [0.717, 1.165) is 55.0 Å². The van der Waals surface area contributed by atoms with E-state index < -0.39 is 0 Å². The molecule has 0 bridgehead atoms. The molecule has 0 aliphatic carbocycles. The monoisotopic (exact) mass is 465 g/mol. The molecule has 180 valence electrons. The third kappa shape index (κ3) is 8.71. The highest BCUT2D eigenvalue weighted by Gasteiger charge is 2.26. The second-order valence-corrected chi connectivity index (χ2v) is 10.0. The van der Waals surface area contributed by atoms with Crippen LogP contribution in [0.5, 0.6) is 0 Å². The maximum absolute atomic E-state index is 14.8. The van der Waals surface area contributed by atoms with Crippen molar-refractivity contribution in [2.24, 2.45) is 5.92 Å². The first kappa shape index (κ1) is 26.6. The summed E-state index contributed by atoms with van der Waals surface area (Å²) in [6, 6.07) is 0.229. The summed E-state index contributed by atoms with van der Waals surface area (Å²) < 4.78 is 23.4. The number of rotatable bonds is 11. The van der Waals surface area contributed by atoms with Crippen molar-refractivity contribution in [2.45, 2.75) is 73.4 Å². The molecule has 1 aromatic heterocycles. The highest BCUT2D eigenvalue weighted by molar-refractivity contribution is 6.99. The number of aromatic nitrogens is 2. The second kappa shape index (κ2) is 13.2. The molecule has 0 aromatic carbocycles. The van der Waals surface area contributed by atoms with Gasteiger partial charge in [-0.15, -0.1) is 0 Å². The molecule has 8 heteroatoms. The molecule has 1 unspecified atom stereocenters. The lowest BCUT2D eigenvalue weighted by atomic mass is 10.0. The summed E-state index contributed by atoms with van der Waals surface area (Å²) in [5.41, 5.74) is 3.77. The Labute approximate surface area is 197 Å². The van der Waals surface area contributed by atoms with Crippen LogP contribution in [-0.4, -0.2) is 63.2 Å². The van der Waals surface area contributed by atoms with Gasteiger partial charge in [-0.1, -0.05) is 38.8 Å². The van der Waals surface area contributed by atoms with Crippen LogP contribution in [0.15, 0.2) is 23.0 Å². The van der Waals surface area contributed by atoms with Gasteiger partial charge >= 0.3 is 0 Å². The van der Waals surface area contributed by atoms with Gasteiger partial charge in [-0.2, -0.15) is 8.75 Å². The number of hydrogen-bond acceptors (Lipinski definition) is 6.